The number of fused-ring (bicyclic) bond motifs is 2. The second-order valence-electron chi connectivity index (χ2n) is 6.64. The summed E-state index contributed by atoms with van der Waals surface area (Å²) >= 11 is 0. The van der Waals surface area contributed by atoms with Crippen LogP contribution in [0.1, 0.15) is 0 Å². The summed E-state index contributed by atoms with van der Waals surface area (Å²) in [5, 5.41) is 40.2. The molecule has 2 heterocycles. The van der Waals surface area contributed by atoms with E-state index in [9.17, 15) is 21.0 Å². The molecule has 0 aliphatic rings. The third-order valence-electron chi connectivity index (χ3n) is 4.98. The van der Waals surface area contributed by atoms with Crippen molar-refractivity contribution in [3.8, 4) is 35.7 Å². The van der Waals surface area contributed by atoms with Crippen molar-refractivity contribution in [3.63, 3.8) is 0 Å². The fourth-order valence-corrected chi connectivity index (χ4v) is 3.61. The Morgan fingerprint density at radius 1 is 0.774 bits per heavy atom. The van der Waals surface area contributed by atoms with E-state index >= 15 is 0 Å². The number of pyridine rings is 1. The highest BCUT2D eigenvalue weighted by molar-refractivity contribution is 6.03. The van der Waals surface area contributed by atoms with Crippen LogP contribution in [0.4, 0.5) is 0 Å². The number of nitrogens with zero attached hydrogens (tertiary/aromatic N) is 7. The molecule has 0 unspecified atom stereocenters. The van der Waals surface area contributed by atoms with Crippen LogP contribution < -0.4 is 15.0 Å². The van der Waals surface area contributed by atoms with Crippen LogP contribution in [0, 0.1) is 45.3 Å². The maximum Gasteiger partial charge on any atom is 0.232 e. The quantitative estimate of drug-likeness (QED) is 0.355. The topological polar surface area (TPSA) is 125 Å². The molecule has 0 radical (unpaired) electrons. The van der Waals surface area contributed by atoms with Crippen LogP contribution in [0.2, 0.25) is 0 Å². The third kappa shape index (κ3) is 3.00. The highest BCUT2D eigenvalue weighted by Crippen LogP contribution is 2.17. The Kier molecular flexibility index (Phi) is 4.79. The number of nitriles is 4. The van der Waals surface area contributed by atoms with Crippen molar-refractivity contribution < 1.29 is 4.57 Å². The van der Waals surface area contributed by atoms with E-state index in [0.29, 0.717) is 26.9 Å². The van der Waals surface area contributed by atoms with Gasteiger partial charge in [0.2, 0.25) is 5.69 Å². The monoisotopic (exact) mass is 398 g/mol. The summed E-state index contributed by atoms with van der Waals surface area (Å²) in [5.74, 6) is 0. The molecule has 0 aliphatic heterocycles. The Morgan fingerprint density at radius 2 is 1.32 bits per heavy atom. The van der Waals surface area contributed by atoms with Crippen molar-refractivity contribution in [2.24, 2.45) is 7.05 Å². The van der Waals surface area contributed by atoms with Gasteiger partial charge in [-0.3, -0.25) is 4.98 Å². The van der Waals surface area contributed by atoms with E-state index in [4.69, 9.17) is 4.98 Å². The second-order valence-corrected chi connectivity index (χ2v) is 6.64. The van der Waals surface area contributed by atoms with Gasteiger partial charge in [-0.2, -0.15) is 25.6 Å². The van der Waals surface area contributed by atoms with E-state index in [-0.39, 0.29) is 22.2 Å². The van der Waals surface area contributed by atoms with E-state index in [1.165, 1.54) is 0 Å². The van der Waals surface area contributed by atoms with Crippen LogP contribution in [0.15, 0.2) is 54.9 Å². The number of rotatable bonds is 1. The standard InChI is InChI=1S/C24H12N7/c1-31-9-5-4-8-20(31)19-14-29-23-21(15(10-25)11-26)17-6-2-3-7-18(17)22(24(23)30-19)16(12-27)13-28/h2-9,14H,1H3/q+1. The molecule has 4 aromatic rings. The Hall–Kier alpha value is -5.11. The van der Waals surface area contributed by atoms with E-state index in [1.807, 2.05) is 60.3 Å². The molecule has 2 aromatic carbocycles. The molecule has 0 atom stereocenters. The molecule has 0 aliphatic carbocycles. The molecule has 0 fully saturated rings. The molecule has 0 amide bonds. The van der Waals surface area contributed by atoms with Gasteiger partial charge in [0, 0.05) is 22.6 Å². The average Bonchev–Trinajstić information content (AvgIpc) is 2.81. The summed E-state index contributed by atoms with van der Waals surface area (Å²) < 4.78 is 1.87. The summed E-state index contributed by atoms with van der Waals surface area (Å²) in [6, 6.07) is 20.4. The number of hydrogen-bond donors (Lipinski definition) is 0. The Bertz CT molecular complexity index is 1660. The smallest absolute Gasteiger partial charge is 0.232 e. The molecule has 0 saturated carbocycles. The van der Waals surface area contributed by atoms with Crippen LogP contribution in [-0.2, 0) is 7.05 Å². The van der Waals surface area contributed by atoms with Crippen molar-refractivity contribution in [2.75, 3.05) is 0 Å². The van der Waals surface area contributed by atoms with Crippen molar-refractivity contribution in [3.05, 3.63) is 65.3 Å². The largest absolute Gasteiger partial charge is 0.251 e. The molecule has 142 valence electrons. The van der Waals surface area contributed by atoms with Crippen LogP contribution >= 0.6 is 0 Å². The van der Waals surface area contributed by atoms with Crippen molar-refractivity contribution >= 4 is 33.0 Å². The highest BCUT2D eigenvalue weighted by atomic mass is 14.9. The van der Waals surface area contributed by atoms with Gasteiger partial charge in [-0.05, 0) is 16.8 Å². The van der Waals surface area contributed by atoms with Crippen LogP contribution in [-0.4, -0.2) is 9.97 Å². The molecule has 0 bridgehead atoms. The first-order chi connectivity index (χ1) is 15.1. The van der Waals surface area contributed by atoms with E-state index in [2.05, 4.69) is 4.98 Å². The minimum atomic E-state index is -0.118. The predicted molar refractivity (Wildman–Crippen MR) is 112 cm³/mol. The van der Waals surface area contributed by atoms with Gasteiger partial charge in [0.15, 0.2) is 11.9 Å². The summed E-state index contributed by atoms with van der Waals surface area (Å²) in [6.07, 6.45) is 3.43. The SMILES string of the molecule is C[n+]1ccccc1-c1cnc2c(=C(C#N)C#N)c3ccccc3c(=C(C#N)C#N)c2n1. The lowest BCUT2D eigenvalue weighted by Gasteiger charge is -2.08. The van der Waals surface area contributed by atoms with Gasteiger partial charge < -0.3 is 0 Å². The normalized spacial score (nSPS) is 9.97. The Balaban J connectivity index is 2.40. The first-order valence-corrected chi connectivity index (χ1v) is 9.16. The van der Waals surface area contributed by atoms with Crippen molar-refractivity contribution in [2.45, 2.75) is 0 Å². The second kappa shape index (κ2) is 7.72. The van der Waals surface area contributed by atoms with E-state index in [0.717, 1.165) is 5.69 Å². The lowest BCUT2D eigenvalue weighted by molar-refractivity contribution is -0.660. The molecular formula is C24H12N7+. The van der Waals surface area contributed by atoms with Crippen LogP contribution in [0.25, 0.3) is 44.3 Å². The molecule has 4 rings (SSSR count). The summed E-state index contributed by atoms with van der Waals surface area (Å²) in [7, 11) is 1.87. The van der Waals surface area contributed by atoms with Gasteiger partial charge in [-0.25, -0.2) is 4.98 Å². The van der Waals surface area contributed by atoms with Crippen LogP contribution in [0.3, 0.4) is 0 Å². The highest BCUT2D eigenvalue weighted by Gasteiger charge is 2.17. The fourth-order valence-electron chi connectivity index (χ4n) is 3.61. The zero-order valence-corrected chi connectivity index (χ0v) is 16.3. The lowest BCUT2D eigenvalue weighted by Crippen LogP contribution is -2.30. The zero-order chi connectivity index (χ0) is 22.0. The van der Waals surface area contributed by atoms with Crippen molar-refractivity contribution in [1.82, 2.24) is 9.97 Å². The first-order valence-electron chi connectivity index (χ1n) is 9.16. The number of hydrogen-bond acceptors (Lipinski definition) is 6. The molecule has 7 nitrogen and oxygen atoms in total. The van der Waals surface area contributed by atoms with Gasteiger partial charge in [0.25, 0.3) is 0 Å². The molecule has 31 heavy (non-hydrogen) atoms. The van der Waals surface area contributed by atoms with E-state index in [1.54, 1.807) is 30.5 Å². The van der Waals surface area contributed by atoms with Gasteiger partial charge in [0.05, 0.1) is 11.7 Å². The lowest BCUT2D eigenvalue weighted by atomic mass is 9.98. The van der Waals surface area contributed by atoms with E-state index < -0.39 is 0 Å². The van der Waals surface area contributed by atoms with Crippen LogP contribution in [0.5, 0.6) is 0 Å². The molecular weight excluding hydrogens is 386 g/mol. The number of benzene rings is 2. The molecule has 0 saturated heterocycles. The molecule has 0 spiro atoms. The number of aromatic nitrogens is 3. The first kappa shape index (κ1) is 19.2. The van der Waals surface area contributed by atoms with Crippen molar-refractivity contribution in [1.29, 1.82) is 21.0 Å². The number of aryl methyl sites for hydroxylation is 1. The predicted octanol–water partition coefficient (Wildman–Crippen LogP) is 1.67. The maximum atomic E-state index is 9.63. The summed E-state index contributed by atoms with van der Waals surface area (Å²) in [6.45, 7) is 0. The molecule has 0 N–H and O–H groups in total. The minimum Gasteiger partial charge on any atom is -0.251 e. The van der Waals surface area contributed by atoms with Gasteiger partial charge in [-0.15, -0.1) is 0 Å². The Morgan fingerprint density at radius 3 is 1.87 bits per heavy atom. The van der Waals surface area contributed by atoms with Gasteiger partial charge in [0.1, 0.15) is 48.0 Å². The molecule has 2 aromatic heterocycles. The zero-order valence-electron chi connectivity index (χ0n) is 16.3. The minimum absolute atomic E-state index is 0.115. The van der Waals surface area contributed by atoms with Gasteiger partial charge >= 0.3 is 0 Å². The van der Waals surface area contributed by atoms with Gasteiger partial charge in [-0.1, -0.05) is 24.3 Å². The summed E-state index contributed by atoms with van der Waals surface area (Å²) in [4.78, 5) is 9.29. The Labute approximate surface area is 176 Å². The summed E-state index contributed by atoms with van der Waals surface area (Å²) in [5.41, 5.74) is 1.65. The average molecular weight is 398 g/mol. The third-order valence-corrected chi connectivity index (χ3v) is 4.98. The maximum absolute atomic E-state index is 9.63. The fraction of sp³-hybridized carbons (Fsp3) is 0.0417. The molecule has 7 heteroatoms.